The highest BCUT2D eigenvalue weighted by Crippen LogP contribution is 2.29. The summed E-state index contributed by atoms with van der Waals surface area (Å²) in [5.41, 5.74) is 1.95. The highest BCUT2D eigenvalue weighted by Gasteiger charge is 2.29. The number of ether oxygens (including phenoxy) is 1. The summed E-state index contributed by atoms with van der Waals surface area (Å²) >= 11 is 0. The van der Waals surface area contributed by atoms with Crippen molar-refractivity contribution in [3.8, 4) is 5.75 Å². The highest BCUT2D eigenvalue weighted by molar-refractivity contribution is 5.93. The van der Waals surface area contributed by atoms with Gasteiger partial charge in [-0.05, 0) is 82.7 Å². The molecule has 2 aliphatic heterocycles. The van der Waals surface area contributed by atoms with Gasteiger partial charge in [-0.25, -0.2) is 0 Å². The van der Waals surface area contributed by atoms with Gasteiger partial charge in [-0.2, -0.15) is 0 Å². The van der Waals surface area contributed by atoms with Crippen molar-refractivity contribution in [2.45, 2.75) is 77.0 Å². The Morgan fingerprint density at radius 3 is 2.50 bits per heavy atom. The zero-order valence-electron chi connectivity index (χ0n) is 17.5. The van der Waals surface area contributed by atoms with Crippen LogP contribution in [0.3, 0.4) is 0 Å². The monoisotopic (exact) mass is 385 g/mol. The van der Waals surface area contributed by atoms with Crippen LogP contribution >= 0.6 is 0 Å². The van der Waals surface area contributed by atoms with Crippen LogP contribution in [0.1, 0.15) is 57.4 Å². The van der Waals surface area contributed by atoms with Crippen molar-refractivity contribution in [1.82, 2.24) is 9.80 Å². The zero-order valence-corrected chi connectivity index (χ0v) is 17.5. The molecule has 0 radical (unpaired) electrons. The number of hydrogen-bond acceptors (Lipinski definition) is 4. The zero-order chi connectivity index (χ0) is 19.5. The van der Waals surface area contributed by atoms with E-state index < -0.39 is 0 Å². The minimum atomic E-state index is 0.0777. The van der Waals surface area contributed by atoms with E-state index in [0.29, 0.717) is 18.7 Å². The molecule has 3 fully saturated rings. The van der Waals surface area contributed by atoms with Crippen molar-refractivity contribution in [3.63, 3.8) is 0 Å². The molecule has 1 aromatic rings. The van der Waals surface area contributed by atoms with Crippen LogP contribution in [0.15, 0.2) is 18.2 Å². The largest absolute Gasteiger partial charge is 0.490 e. The smallest absolute Gasteiger partial charge is 0.238 e. The van der Waals surface area contributed by atoms with E-state index >= 15 is 0 Å². The Kier molecular flexibility index (Phi) is 6.22. The molecule has 1 atom stereocenters. The first-order valence-electron chi connectivity index (χ1n) is 11.1. The van der Waals surface area contributed by atoms with Gasteiger partial charge in [-0.3, -0.25) is 9.69 Å². The fraction of sp³-hybridized carbons (Fsp3) is 0.696. The predicted octanol–water partition coefficient (Wildman–Crippen LogP) is 3.81. The van der Waals surface area contributed by atoms with Gasteiger partial charge < -0.3 is 15.0 Å². The van der Waals surface area contributed by atoms with Crippen LogP contribution in [-0.4, -0.2) is 60.1 Å². The third-order valence-electron chi connectivity index (χ3n) is 6.88. The van der Waals surface area contributed by atoms with Gasteiger partial charge in [0.2, 0.25) is 5.91 Å². The number of carbonyl (C=O) groups is 1. The van der Waals surface area contributed by atoms with E-state index in [4.69, 9.17) is 4.74 Å². The van der Waals surface area contributed by atoms with Crippen molar-refractivity contribution < 1.29 is 9.53 Å². The molecule has 0 aromatic heterocycles. The summed E-state index contributed by atoms with van der Waals surface area (Å²) < 4.78 is 6.25. The molecule has 28 heavy (non-hydrogen) atoms. The van der Waals surface area contributed by atoms with Crippen LogP contribution in [0.5, 0.6) is 5.75 Å². The molecule has 0 bridgehead atoms. The number of aryl methyl sites for hydroxylation is 1. The molecular formula is C23H35N3O2. The summed E-state index contributed by atoms with van der Waals surface area (Å²) in [6.07, 6.45) is 9.10. The minimum Gasteiger partial charge on any atom is -0.490 e. The van der Waals surface area contributed by atoms with Gasteiger partial charge in [-0.1, -0.05) is 6.42 Å². The Balaban J connectivity index is 1.26. The van der Waals surface area contributed by atoms with Crippen molar-refractivity contribution in [3.05, 3.63) is 23.8 Å². The maximum atomic E-state index is 12.4. The summed E-state index contributed by atoms with van der Waals surface area (Å²) in [5, 5.41) is 3.08. The van der Waals surface area contributed by atoms with Gasteiger partial charge in [0, 0.05) is 30.9 Å². The maximum absolute atomic E-state index is 12.4. The lowest BCUT2D eigenvalue weighted by molar-refractivity contribution is -0.117. The molecular weight excluding hydrogens is 350 g/mol. The SMILES string of the molecule is Cc1cc(OC2CCN(C3CCC3)CC2)ccc1NC(=O)CN1CCCC1C. The minimum absolute atomic E-state index is 0.0777. The second-order valence-corrected chi connectivity index (χ2v) is 8.92. The third-order valence-corrected chi connectivity index (χ3v) is 6.88. The Morgan fingerprint density at radius 1 is 1.11 bits per heavy atom. The molecule has 2 saturated heterocycles. The van der Waals surface area contributed by atoms with E-state index in [-0.39, 0.29) is 5.91 Å². The van der Waals surface area contributed by atoms with Gasteiger partial charge in [0.25, 0.3) is 0 Å². The number of nitrogens with zero attached hydrogens (tertiary/aromatic N) is 2. The molecule has 2 heterocycles. The van der Waals surface area contributed by atoms with E-state index in [2.05, 4.69) is 28.1 Å². The molecule has 0 spiro atoms. The highest BCUT2D eigenvalue weighted by atomic mass is 16.5. The number of amides is 1. The molecule has 154 valence electrons. The summed E-state index contributed by atoms with van der Waals surface area (Å²) in [6, 6.07) is 7.40. The number of carbonyl (C=O) groups excluding carboxylic acids is 1. The van der Waals surface area contributed by atoms with Crippen LogP contribution in [0.2, 0.25) is 0 Å². The van der Waals surface area contributed by atoms with Gasteiger partial charge in [-0.15, -0.1) is 0 Å². The molecule has 3 aliphatic rings. The predicted molar refractivity (Wildman–Crippen MR) is 113 cm³/mol. The van der Waals surface area contributed by atoms with Crippen molar-refractivity contribution in [2.75, 3.05) is 31.5 Å². The molecule has 1 N–H and O–H groups in total. The number of benzene rings is 1. The van der Waals surface area contributed by atoms with Crippen molar-refractivity contribution >= 4 is 11.6 Å². The van der Waals surface area contributed by atoms with Crippen LogP contribution in [-0.2, 0) is 4.79 Å². The van der Waals surface area contributed by atoms with Crippen LogP contribution in [0, 0.1) is 6.92 Å². The van der Waals surface area contributed by atoms with E-state index in [0.717, 1.165) is 55.5 Å². The molecule has 1 aromatic carbocycles. The topological polar surface area (TPSA) is 44.8 Å². The van der Waals surface area contributed by atoms with Crippen LogP contribution in [0.25, 0.3) is 0 Å². The second-order valence-electron chi connectivity index (χ2n) is 8.92. The Bertz CT molecular complexity index is 680. The second kappa shape index (κ2) is 8.83. The van der Waals surface area contributed by atoms with E-state index in [1.807, 2.05) is 19.1 Å². The van der Waals surface area contributed by atoms with Crippen LogP contribution in [0.4, 0.5) is 5.69 Å². The normalized spacial score (nSPS) is 24.9. The fourth-order valence-electron chi connectivity index (χ4n) is 4.75. The van der Waals surface area contributed by atoms with E-state index in [1.54, 1.807) is 0 Å². The number of nitrogens with one attached hydrogen (secondary N) is 1. The lowest BCUT2D eigenvalue weighted by atomic mass is 9.90. The Hall–Kier alpha value is -1.59. The number of likely N-dealkylation sites (tertiary alicyclic amines) is 2. The van der Waals surface area contributed by atoms with Crippen LogP contribution < -0.4 is 10.1 Å². The summed E-state index contributed by atoms with van der Waals surface area (Å²) in [5.74, 6) is 1.000. The summed E-state index contributed by atoms with van der Waals surface area (Å²) in [4.78, 5) is 17.3. The van der Waals surface area contributed by atoms with Gasteiger partial charge in [0.05, 0.1) is 6.54 Å². The quantitative estimate of drug-likeness (QED) is 0.809. The van der Waals surface area contributed by atoms with Crippen molar-refractivity contribution in [1.29, 1.82) is 0 Å². The average Bonchev–Trinajstić information content (AvgIpc) is 3.02. The maximum Gasteiger partial charge on any atom is 0.238 e. The number of rotatable bonds is 6. The van der Waals surface area contributed by atoms with E-state index in [1.165, 1.54) is 32.1 Å². The number of anilines is 1. The van der Waals surface area contributed by atoms with E-state index in [9.17, 15) is 4.79 Å². The standard InChI is InChI=1S/C23H35N3O2/c1-17-15-21(28-20-10-13-25(14-11-20)19-6-3-7-19)8-9-22(17)24-23(27)16-26-12-4-5-18(26)2/h8-9,15,18-20H,3-7,10-14,16H2,1-2H3,(H,24,27). The Labute approximate surface area is 169 Å². The summed E-state index contributed by atoms with van der Waals surface area (Å²) in [7, 11) is 0. The first kappa shape index (κ1) is 19.7. The van der Waals surface area contributed by atoms with Gasteiger partial charge >= 0.3 is 0 Å². The summed E-state index contributed by atoms with van der Waals surface area (Å²) in [6.45, 7) is 8.08. The molecule has 1 saturated carbocycles. The molecule has 5 nitrogen and oxygen atoms in total. The van der Waals surface area contributed by atoms with Crippen molar-refractivity contribution in [2.24, 2.45) is 0 Å². The molecule has 1 unspecified atom stereocenters. The van der Waals surface area contributed by atoms with Gasteiger partial charge in [0.15, 0.2) is 0 Å². The average molecular weight is 386 g/mol. The van der Waals surface area contributed by atoms with Gasteiger partial charge in [0.1, 0.15) is 11.9 Å². The molecule has 1 amide bonds. The fourth-order valence-corrected chi connectivity index (χ4v) is 4.75. The molecule has 5 heteroatoms. The Morgan fingerprint density at radius 2 is 1.89 bits per heavy atom. The number of piperidine rings is 1. The molecule has 1 aliphatic carbocycles. The first-order valence-corrected chi connectivity index (χ1v) is 11.1. The molecule has 4 rings (SSSR count). The first-order chi connectivity index (χ1) is 13.6. The number of hydrogen-bond donors (Lipinski definition) is 1. The third kappa shape index (κ3) is 4.69. The lowest BCUT2D eigenvalue weighted by Crippen LogP contribution is -2.46. The lowest BCUT2D eigenvalue weighted by Gasteiger charge is -2.41.